The van der Waals surface area contributed by atoms with Crippen molar-refractivity contribution in [2.24, 2.45) is 53.3 Å². The first-order chi connectivity index (χ1) is 66.7. The third-order valence-electron chi connectivity index (χ3n) is 34.1. The van der Waals surface area contributed by atoms with Gasteiger partial charge in [-0.1, -0.05) is 86.6 Å². The van der Waals surface area contributed by atoms with Crippen LogP contribution in [-0.2, 0) is 99.1 Å². The Morgan fingerprint density at radius 3 is 1.11 bits per heavy atom. The van der Waals surface area contributed by atoms with Crippen LogP contribution in [0.2, 0.25) is 15.1 Å². The van der Waals surface area contributed by atoms with E-state index in [1.807, 2.05) is 76.2 Å². The van der Waals surface area contributed by atoms with E-state index in [4.69, 9.17) is 57.4 Å². The van der Waals surface area contributed by atoms with E-state index < -0.39 is 94.7 Å². The van der Waals surface area contributed by atoms with Crippen LogP contribution in [0, 0.1) is 53.3 Å². The third kappa shape index (κ3) is 22.3. The molecule has 6 aliphatic carbocycles. The summed E-state index contributed by atoms with van der Waals surface area (Å²) in [6, 6.07) is 36.0. The minimum absolute atomic E-state index is 0.00622. The van der Waals surface area contributed by atoms with Crippen LogP contribution in [0.25, 0.3) is 0 Å². The number of amides is 3. The predicted molar refractivity (Wildman–Crippen MR) is 556 cm³/mol. The van der Waals surface area contributed by atoms with E-state index in [0.717, 1.165) is 131 Å². The van der Waals surface area contributed by atoms with Gasteiger partial charge in [-0.25, -0.2) is 31.5 Å². The van der Waals surface area contributed by atoms with Gasteiger partial charge in [0.2, 0.25) is 10.0 Å². The van der Waals surface area contributed by atoms with Crippen LogP contribution in [0.4, 0.5) is 17.1 Å². The van der Waals surface area contributed by atoms with Gasteiger partial charge in [-0.3, -0.25) is 32.2 Å². The first kappa shape index (κ1) is 105. The minimum Gasteiger partial charge on any atom is -0.490 e. The summed E-state index contributed by atoms with van der Waals surface area (Å²) in [6.07, 6.45) is 23.6. The average Bonchev–Trinajstić information content (AvgIpc) is 1.39. The second-order valence-electron chi connectivity index (χ2n) is 43.3. The van der Waals surface area contributed by atoms with E-state index in [2.05, 4.69) is 80.9 Å². The highest BCUT2D eigenvalue weighted by molar-refractivity contribution is 8.00. The number of fused-ring (bicyclic) bond motifs is 12. The largest absolute Gasteiger partial charge is 0.490 e. The second-order valence-corrected chi connectivity index (χ2v) is 54.8. The molecule has 0 radical (unpaired) electrons. The number of benzene rings is 6. The lowest BCUT2D eigenvalue weighted by Gasteiger charge is -2.50. The summed E-state index contributed by atoms with van der Waals surface area (Å²) < 4.78 is 141. The van der Waals surface area contributed by atoms with Crippen molar-refractivity contribution in [2.45, 2.75) is 244 Å². The number of nitrogens with zero attached hydrogens (tertiary/aromatic N) is 5. The molecule has 6 aromatic carbocycles. The SMILES string of the molecule is C=S1(=O)NC(=O)c2ccc3c(c2)N(C[C@@H]2CC[C@H]2[C@@](O)(COS(C)(=O)=O)CCC[C@H](C)[C@H]1C)C[C@@]1(CCCc2cc(Cl)ccc21)CO3.C=S1(=O)NC(=O)c2ccc3c(c2)N(C[C@@H]2CC[C@H]2[C@](O)(c2ncccn2)CCC[C@H](C)[C@H]1C)C[C@@]1(CCCc2cc(Cl)ccc21)CO3.C[C@@H]1[C@@H](C)CCC[C@@](O)(COS(C)(=O)=O)[C@@H]2CC[C@H]2CN2C[C@@]3(CCCc4cc(Cl)ccc43)COc3ccc(cc32)C(=O)NS1(=O)=O. The summed E-state index contributed by atoms with van der Waals surface area (Å²) in [5.74, 6) is 8.26. The molecule has 141 heavy (non-hydrogen) atoms. The fourth-order valence-electron chi connectivity index (χ4n) is 25.0. The number of halogens is 3. The van der Waals surface area contributed by atoms with Gasteiger partial charge in [0.25, 0.3) is 38.0 Å². The van der Waals surface area contributed by atoms with Crippen LogP contribution in [-0.4, -0.2) is 200 Å². The molecule has 2 unspecified atom stereocenters. The van der Waals surface area contributed by atoms with Crippen molar-refractivity contribution < 1.29 is 86.0 Å². The Morgan fingerprint density at radius 1 is 0.433 bits per heavy atom. The molecular weight excluding hydrogens is 1960 g/mol. The highest BCUT2D eigenvalue weighted by Gasteiger charge is 2.55. The van der Waals surface area contributed by atoms with E-state index in [-0.39, 0.29) is 100.0 Å². The van der Waals surface area contributed by atoms with Crippen LogP contribution < -0.4 is 43.1 Å². The van der Waals surface area contributed by atoms with E-state index in [9.17, 15) is 63.4 Å². The molecule has 766 valence electrons. The maximum absolute atomic E-state index is 13.9. The van der Waals surface area contributed by atoms with Crippen molar-refractivity contribution in [1.29, 1.82) is 0 Å². The summed E-state index contributed by atoms with van der Waals surface area (Å²) in [4.78, 5) is 56.8. The Hall–Kier alpha value is -7.83. The number of anilines is 3. The van der Waals surface area contributed by atoms with Crippen LogP contribution >= 0.6 is 34.8 Å². The number of aryl methyl sites for hydroxylation is 3. The number of hydrogen-bond acceptors (Lipinski definition) is 24. The Balaban J connectivity index is 0.000000146. The number of aromatic nitrogens is 2. The molecule has 12 aliphatic rings. The number of ether oxygens (including phenoxy) is 3. The number of aliphatic hydroxyl groups is 3. The van der Waals surface area contributed by atoms with Crippen molar-refractivity contribution in [3.05, 3.63) is 199 Å². The van der Waals surface area contributed by atoms with E-state index in [0.29, 0.717) is 155 Å². The fraction of sp³-hybridized carbons (Fsp3) is 0.575. The van der Waals surface area contributed by atoms with E-state index >= 15 is 0 Å². The molecule has 3 amide bonds. The fourth-order valence-corrected chi connectivity index (χ4v) is 30.7. The molecule has 35 heteroatoms. The lowest BCUT2D eigenvalue weighted by Crippen LogP contribution is -2.55. The van der Waals surface area contributed by atoms with Crippen molar-refractivity contribution in [3.8, 4) is 17.2 Å². The number of rotatable bonds is 7. The molecular formula is C106H137Cl3N8O19S5. The third-order valence-corrected chi connectivity index (χ3v) is 42.2. The number of carbonyl (C=O) groups excluding carboxylic acids is 3. The molecule has 19 rings (SSSR count). The van der Waals surface area contributed by atoms with Crippen LogP contribution in [0.1, 0.15) is 247 Å². The van der Waals surface area contributed by atoms with Gasteiger partial charge in [-0.15, -0.1) is 0 Å². The van der Waals surface area contributed by atoms with E-state index in [1.165, 1.54) is 33.4 Å². The summed E-state index contributed by atoms with van der Waals surface area (Å²) in [6.45, 7) is 15.5. The van der Waals surface area contributed by atoms with Gasteiger partial charge < -0.3 is 44.2 Å². The molecule has 20 atom stereocenters. The van der Waals surface area contributed by atoms with Crippen molar-refractivity contribution in [2.75, 3.05) is 99.5 Å². The smallest absolute Gasteiger partial charge is 0.264 e. The van der Waals surface area contributed by atoms with Crippen molar-refractivity contribution in [1.82, 2.24) is 24.1 Å². The molecule has 7 heterocycles. The van der Waals surface area contributed by atoms with Gasteiger partial charge in [-0.2, -0.15) is 16.8 Å². The Morgan fingerprint density at radius 2 is 0.766 bits per heavy atom. The van der Waals surface area contributed by atoms with Gasteiger partial charge in [0.1, 0.15) is 22.8 Å². The number of hydrogen-bond donors (Lipinski definition) is 6. The molecule has 27 nitrogen and oxygen atoms in total. The normalized spacial score (nSPS) is 33.8. The Kier molecular flexibility index (Phi) is 30.5. The van der Waals surface area contributed by atoms with Crippen molar-refractivity contribution >= 4 is 131 Å². The summed E-state index contributed by atoms with van der Waals surface area (Å²) in [5, 5.41) is 37.3. The van der Waals surface area contributed by atoms with Gasteiger partial charge in [-0.05, 0) is 357 Å². The molecule has 0 saturated heterocycles. The maximum atomic E-state index is 13.9. The molecule has 6 N–H and O–H groups in total. The Bertz CT molecular complexity index is 6240. The van der Waals surface area contributed by atoms with Crippen LogP contribution in [0.15, 0.2) is 128 Å². The average molecular weight is 2090 g/mol. The zero-order chi connectivity index (χ0) is 101. The maximum Gasteiger partial charge on any atom is 0.264 e. The van der Waals surface area contributed by atoms with Gasteiger partial charge in [0.15, 0.2) is 5.82 Å². The van der Waals surface area contributed by atoms with Gasteiger partial charge in [0.05, 0.1) is 98.5 Å². The summed E-state index contributed by atoms with van der Waals surface area (Å²) >= 11 is 19.3. The van der Waals surface area contributed by atoms with Crippen LogP contribution in [0.5, 0.6) is 17.2 Å². The molecule has 7 aromatic rings. The second kappa shape index (κ2) is 41.1. The zero-order valence-corrected chi connectivity index (χ0v) is 88.4. The molecule has 1 aromatic heterocycles. The lowest BCUT2D eigenvalue weighted by atomic mass is 9.62. The quantitative estimate of drug-likeness (QED) is 0.0637. The van der Waals surface area contributed by atoms with E-state index in [1.54, 1.807) is 62.6 Å². The summed E-state index contributed by atoms with van der Waals surface area (Å²) in [7, 11) is -17.6. The number of sulfonamides is 1. The lowest BCUT2D eigenvalue weighted by molar-refractivity contribution is -0.111. The number of carbonyl (C=O) groups is 3. The van der Waals surface area contributed by atoms with Crippen molar-refractivity contribution in [3.63, 3.8) is 0 Å². The Labute approximate surface area is 847 Å². The molecule has 6 aliphatic heterocycles. The molecule has 3 saturated carbocycles. The summed E-state index contributed by atoms with van der Waals surface area (Å²) in [5.41, 5.74) is 5.69. The monoisotopic (exact) mass is 2090 g/mol. The minimum atomic E-state index is -4.03. The van der Waals surface area contributed by atoms with Crippen LogP contribution in [0.3, 0.4) is 0 Å². The molecule has 3 spiro atoms. The van der Waals surface area contributed by atoms with Gasteiger partial charge >= 0.3 is 0 Å². The standard InChI is InChI=1S/C37H45ClN4O4S.C35H47ClN2O7S2.C34H45ClN2O8S2/c1-24-7-4-16-37(44,35-39-17-6-18-40-35)31-12-9-28(31)21-42-22-36(15-5-8-26-19-29(38)11-13-30(26)36)23-46-33-14-10-27(20-32(33)42)34(43)41-47(3,45)25(24)2;1-23-7-5-16-35(40,22-45-47(4,42)43)30-12-9-27(30)19-38-20-34(15-6-8-25-17-28(36)11-13-29(25)34)21-44-32-14-10-26(18-31(32)38)33(39)37-46(3,41)24(23)2;1-22-6-4-15-34(39,21-45-46(3,40)41)29-11-8-26(29)18-37-19-33(14-5-7-24-16-27(35)10-12-28(24)33)20-44-31-13-9-25(17-30(31)37)32(38)36-47(42,43)23(22)2/h6,10-11,13-14,17-20,24-25,28,31,44H,3-5,7-9,12,15-16,21-23H2,1-2H3,(H,41,43,45);10-11,13-14,17-18,23-24,27,30,40H,3,5-9,12,15-16,19-22H2,1-2,4H3,(H,37,39,41);9-10,12-13,16-17,22-23,26,29,39H,4-8,11,14-15,18-21H2,1-3H3,(H,36,38)/t24-,25+,28-,31+,36-,37-,47?;23-,24+,27-,30+,34-,35-,46?;22-,23+,26-,29+,33-,34+/m000/s1. The first-order valence-electron chi connectivity index (χ1n) is 50.2. The molecule has 6 bridgehead atoms. The zero-order valence-electron chi connectivity index (χ0n) is 82.0. The van der Waals surface area contributed by atoms with Gasteiger partial charge in [0, 0.05) is 110 Å². The first-order valence-corrected chi connectivity index (χ1v) is 60.0. The highest BCUT2D eigenvalue weighted by atomic mass is 35.5. The number of nitrogens with one attached hydrogen (secondary N) is 3. The topological polar surface area (TPSA) is 366 Å². The predicted octanol–water partition coefficient (Wildman–Crippen LogP) is 16.0. The molecule has 3 fully saturated rings. The highest BCUT2D eigenvalue weighted by Crippen LogP contribution is 2.56.